The minimum atomic E-state index is -0.909. The van der Waals surface area contributed by atoms with Gasteiger partial charge in [-0.3, -0.25) is 9.78 Å². The van der Waals surface area contributed by atoms with E-state index in [0.717, 1.165) is 18.4 Å². The van der Waals surface area contributed by atoms with Crippen molar-refractivity contribution < 1.29 is 14.6 Å². The standard InChI is InChI=1S/C20H24N2O3/c1-14-6-7-15(13-17(14)25-16-8-10-21-11-9-16)19(23)22-12-4-5-18(22)20(2,3)24/h6-11,13,18,24H,4-5,12H2,1-3H3. The summed E-state index contributed by atoms with van der Waals surface area (Å²) >= 11 is 0. The number of aryl methyl sites for hydroxylation is 1. The first kappa shape index (κ1) is 17.4. The number of aliphatic hydroxyl groups is 1. The second-order valence-corrected chi connectivity index (χ2v) is 7.08. The van der Waals surface area contributed by atoms with Crippen molar-refractivity contribution in [2.45, 2.75) is 45.3 Å². The van der Waals surface area contributed by atoms with Crippen molar-refractivity contribution in [1.82, 2.24) is 9.88 Å². The molecule has 1 fully saturated rings. The Morgan fingerprint density at radius 3 is 2.68 bits per heavy atom. The van der Waals surface area contributed by atoms with Crippen LogP contribution < -0.4 is 4.74 Å². The van der Waals surface area contributed by atoms with E-state index >= 15 is 0 Å². The molecule has 3 rings (SSSR count). The number of likely N-dealkylation sites (tertiary alicyclic amines) is 1. The van der Waals surface area contributed by atoms with E-state index in [9.17, 15) is 9.90 Å². The number of hydrogen-bond donors (Lipinski definition) is 1. The predicted octanol–water partition coefficient (Wildman–Crippen LogP) is 3.56. The molecule has 1 aliphatic rings. The van der Waals surface area contributed by atoms with Crippen molar-refractivity contribution >= 4 is 5.91 Å². The monoisotopic (exact) mass is 340 g/mol. The van der Waals surface area contributed by atoms with Gasteiger partial charge in [0.15, 0.2) is 0 Å². The first-order chi connectivity index (χ1) is 11.9. The van der Waals surface area contributed by atoms with Crippen LogP contribution in [-0.4, -0.2) is 39.1 Å². The third-order valence-corrected chi connectivity index (χ3v) is 4.64. The Hall–Kier alpha value is -2.40. The van der Waals surface area contributed by atoms with Crippen LogP contribution in [0.1, 0.15) is 42.6 Å². The molecule has 0 bridgehead atoms. The number of nitrogens with zero attached hydrogens (tertiary/aromatic N) is 2. The average Bonchev–Trinajstić information content (AvgIpc) is 3.07. The Morgan fingerprint density at radius 1 is 1.28 bits per heavy atom. The van der Waals surface area contributed by atoms with Gasteiger partial charge in [-0.1, -0.05) is 6.07 Å². The molecule has 1 N–H and O–H groups in total. The number of carbonyl (C=O) groups is 1. The molecule has 1 unspecified atom stereocenters. The quantitative estimate of drug-likeness (QED) is 0.924. The minimum absolute atomic E-state index is 0.0656. The van der Waals surface area contributed by atoms with E-state index in [2.05, 4.69) is 4.98 Å². The molecule has 5 nitrogen and oxygen atoms in total. The highest BCUT2D eigenvalue weighted by molar-refractivity contribution is 5.95. The van der Waals surface area contributed by atoms with Gasteiger partial charge in [-0.25, -0.2) is 0 Å². The summed E-state index contributed by atoms with van der Waals surface area (Å²) in [6, 6.07) is 8.87. The zero-order valence-electron chi connectivity index (χ0n) is 14.9. The van der Waals surface area contributed by atoms with E-state index < -0.39 is 5.60 Å². The fraction of sp³-hybridized carbons (Fsp3) is 0.400. The number of amides is 1. The molecule has 1 aromatic carbocycles. The van der Waals surface area contributed by atoms with Crippen molar-refractivity contribution in [1.29, 1.82) is 0 Å². The molecule has 0 radical (unpaired) electrons. The molecule has 1 saturated heterocycles. The molecule has 0 aliphatic carbocycles. The normalized spacial score (nSPS) is 17.6. The molecule has 1 atom stereocenters. The maximum atomic E-state index is 13.0. The van der Waals surface area contributed by atoms with E-state index in [4.69, 9.17) is 4.74 Å². The first-order valence-electron chi connectivity index (χ1n) is 8.58. The van der Waals surface area contributed by atoms with Gasteiger partial charge in [-0.05, 0) is 63.4 Å². The molecular formula is C20H24N2O3. The van der Waals surface area contributed by atoms with Gasteiger partial charge in [0.1, 0.15) is 11.5 Å². The lowest BCUT2D eigenvalue weighted by atomic mass is 9.96. The lowest BCUT2D eigenvalue weighted by Gasteiger charge is -2.34. The van der Waals surface area contributed by atoms with Crippen molar-refractivity contribution in [2.24, 2.45) is 0 Å². The number of aromatic nitrogens is 1. The summed E-state index contributed by atoms with van der Waals surface area (Å²) in [4.78, 5) is 18.7. The van der Waals surface area contributed by atoms with Crippen LogP contribution in [0.15, 0.2) is 42.7 Å². The Labute approximate surface area is 148 Å². The average molecular weight is 340 g/mol. The summed E-state index contributed by atoms with van der Waals surface area (Å²) < 4.78 is 5.90. The molecule has 0 spiro atoms. The number of pyridine rings is 1. The summed E-state index contributed by atoms with van der Waals surface area (Å²) in [6.07, 6.45) is 5.06. The van der Waals surface area contributed by atoms with Crippen LogP contribution in [0.4, 0.5) is 0 Å². The van der Waals surface area contributed by atoms with E-state index in [1.807, 2.05) is 19.1 Å². The highest BCUT2D eigenvalue weighted by atomic mass is 16.5. The summed E-state index contributed by atoms with van der Waals surface area (Å²) in [5.41, 5.74) is 0.618. The van der Waals surface area contributed by atoms with Gasteiger partial charge in [0, 0.05) is 24.5 Å². The molecule has 0 saturated carbocycles. The topological polar surface area (TPSA) is 62.7 Å². The van der Waals surface area contributed by atoms with Crippen LogP contribution in [0.5, 0.6) is 11.5 Å². The number of benzene rings is 1. The smallest absolute Gasteiger partial charge is 0.254 e. The highest BCUT2D eigenvalue weighted by Gasteiger charge is 2.38. The van der Waals surface area contributed by atoms with E-state index in [-0.39, 0.29) is 11.9 Å². The fourth-order valence-electron chi connectivity index (χ4n) is 3.29. The van der Waals surface area contributed by atoms with E-state index in [1.54, 1.807) is 49.3 Å². The maximum Gasteiger partial charge on any atom is 0.254 e. The zero-order valence-corrected chi connectivity index (χ0v) is 14.9. The van der Waals surface area contributed by atoms with Gasteiger partial charge in [0.05, 0.1) is 11.6 Å². The zero-order chi connectivity index (χ0) is 18.0. The molecular weight excluding hydrogens is 316 g/mol. The highest BCUT2D eigenvalue weighted by Crippen LogP contribution is 2.30. The Bertz CT molecular complexity index is 753. The number of ether oxygens (including phenoxy) is 1. The van der Waals surface area contributed by atoms with Crippen molar-refractivity contribution in [3.63, 3.8) is 0 Å². The van der Waals surface area contributed by atoms with Crippen molar-refractivity contribution in [2.75, 3.05) is 6.54 Å². The second-order valence-electron chi connectivity index (χ2n) is 7.08. The van der Waals surface area contributed by atoms with Crippen LogP contribution in [0.3, 0.4) is 0 Å². The SMILES string of the molecule is Cc1ccc(C(=O)N2CCCC2C(C)(C)O)cc1Oc1ccncc1. The summed E-state index contributed by atoms with van der Waals surface area (Å²) in [5.74, 6) is 1.26. The van der Waals surface area contributed by atoms with Crippen molar-refractivity contribution in [3.05, 3.63) is 53.9 Å². The first-order valence-corrected chi connectivity index (χ1v) is 8.58. The van der Waals surface area contributed by atoms with Gasteiger partial charge in [0.2, 0.25) is 0 Å². The van der Waals surface area contributed by atoms with E-state index in [0.29, 0.717) is 23.6 Å². The summed E-state index contributed by atoms with van der Waals surface area (Å²) in [7, 11) is 0. The second kappa shape index (κ2) is 6.84. The molecule has 5 heteroatoms. The Kier molecular flexibility index (Phi) is 4.77. The minimum Gasteiger partial charge on any atom is -0.457 e. The van der Waals surface area contributed by atoms with Gasteiger partial charge in [-0.2, -0.15) is 0 Å². The lowest BCUT2D eigenvalue weighted by molar-refractivity contribution is 0.000329. The third-order valence-electron chi connectivity index (χ3n) is 4.64. The largest absolute Gasteiger partial charge is 0.457 e. The van der Waals surface area contributed by atoms with Crippen molar-refractivity contribution in [3.8, 4) is 11.5 Å². The van der Waals surface area contributed by atoms with Crippen LogP contribution in [-0.2, 0) is 0 Å². The number of hydrogen-bond acceptors (Lipinski definition) is 4. The van der Waals surface area contributed by atoms with Crippen LogP contribution in [0, 0.1) is 6.92 Å². The summed E-state index contributed by atoms with van der Waals surface area (Å²) in [6.45, 7) is 6.13. The molecule has 25 heavy (non-hydrogen) atoms. The molecule has 132 valence electrons. The summed E-state index contributed by atoms with van der Waals surface area (Å²) in [5, 5.41) is 10.4. The van der Waals surface area contributed by atoms with Gasteiger partial charge in [-0.15, -0.1) is 0 Å². The van der Waals surface area contributed by atoms with Gasteiger partial charge in [0.25, 0.3) is 5.91 Å². The molecule has 1 amide bonds. The third kappa shape index (κ3) is 3.82. The predicted molar refractivity (Wildman–Crippen MR) is 95.8 cm³/mol. The molecule has 1 aliphatic heterocycles. The van der Waals surface area contributed by atoms with Crippen LogP contribution >= 0.6 is 0 Å². The Balaban J connectivity index is 1.85. The molecule has 1 aromatic heterocycles. The van der Waals surface area contributed by atoms with Gasteiger partial charge >= 0.3 is 0 Å². The number of carbonyl (C=O) groups excluding carboxylic acids is 1. The Morgan fingerprint density at radius 2 is 2.00 bits per heavy atom. The van der Waals surface area contributed by atoms with Crippen LogP contribution in [0.2, 0.25) is 0 Å². The lowest BCUT2D eigenvalue weighted by Crippen LogP contribution is -2.48. The maximum absolute atomic E-state index is 13.0. The van der Waals surface area contributed by atoms with Crippen LogP contribution in [0.25, 0.3) is 0 Å². The van der Waals surface area contributed by atoms with Gasteiger partial charge < -0.3 is 14.7 Å². The van der Waals surface area contributed by atoms with E-state index in [1.165, 1.54) is 0 Å². The number of rotatable bonds is 4. The molecule has 2 heterocycles. The fourth-order valence-corrected chi connectivity index (χ4v) is 3.29. The molecule has 2 aromatic rings.